The van der Waals surface area contributed by atoms with Crippen LogP contribution in [0.4, 0.5) is 11.4 Å². The van der Waals surface area contributed by atoms with Crippen molar-refractivity contribution in [3.8, 4) is 5.75 Å². The average molecular weight is 689 g/mol. The number of rotatable bonds is 13. The Balaban J connectivity index is 1.23. The summed E-state index contributed by atoms with van der Waals surface area (Å²) in [6.07, 6.45) is 9.02. The molecule has 4 bridgehead atoms. The molecule has 0 radical (unpaired) electrons. The van der Waals surface area contributed by atoms with Crippen LogP contribution in [-0.2, 0) is 31.7 Å². The van der Waals surface area contributed by atoms with Gasteiger partial charge in [0.1, 0.15) is 29.6 Å². The Bertz CT molecular complexity index is 1940. The van der Waals surface area contributed by atoms with Gasteiger partial charge in [0, 0.05) is 17.2 Å². The summed E-state index contributed by atoms with van der Waals surface area (Å²) in [4.78, 5) is 32.1. The number of methoxy groups -OCH3 is 1. The number of benzene rings is 3. The van der Waals surface area contributed by atoms with E-state index in [1.54, 1.807) is 37.5 Å². The largest absolute Gasteiger partial charge is 0.496 e. The van der Waals surface area contributed by atoms with E-state index in [4.69, 9.17) is 9.47 Å². The molecule has 0 atom stereocenters. The molecule has 0 aliphatic heterocycles. The third kappa shape index (κ3) is 7.27. The number of carbonyl (C=O) groups excluding carboxylic acids is 1. The number of hydrogen-bond donors (Lipinski definition) is 1. The smallest absolute Gasteiger partial charge is 0.294 e. The molecule has 4 saturated carbocycles. The Kier molecular flexibility index (Phi) is 9.66. The van der Waals surface area contributed by atoms with Gasteiger partial charge in [0.25, 0.3) is 11.4 Å². The number of hydrogen-bond acceptors (Lipinski definition) is 10. The molecule has 7 rings (SSSR count). The lowest BCUT2D eigenvalue weighted by molar-refractivity contribution is -0.396. The van der Waals surface area contributed by atoms with Gasteiger partial charge in [0.15, 0.2) is 15.6 Å². The molecule has 3 aromatic rings. The summed E-state index contributed by atoms with van der Waals surface area (Å²) in [5, 5.41) is 31.8. The molecule has 13 heteroatoms. The molecule has 3 aromatic carbocycles. The number of allylic oxidation sites excluding steroid dienone is 1. The summed E-state index contributed by atoms with van der Waals surface area (Å²) in [6.45, 7) is -0.512. The standard InChI is InChI=1S/C36H36N2O10S/c1-47-36(35-28-13-24-12-25(15-28)16-29(35)14-24)27-7-6-26(8-10-31(40)19-39)33(17-27)48-20-22-2-4-23(5-3-22)21-49(45,46)34-11-9-30(37(41)42)18-32(34)38(43)44/h2-11,17-18,24-25,28-29,39H,12-16,19-21H2,1H3/b10-8+,36-35?. The van der Waals surface area contributed by atoms with Gasteiger partial charge in [-0.05, 0) is 96.8 Å². The fourth-order valence-corrected chi connectivity index (χ4v) is 9.37. The first-order valence-corrected chi connectivity index (χ1v) is 17.7. The topological polar surface area (TPSA) is 176 Å². The van der Waals surface area contributed by atoms with Gasteiger partial charge in [-0.25, -0.2) is 8.42 Å². The maximum atomic E-state index is 13.1. The lowest BCUT2D eigenvalue weighted by Gasteiger charge is -2.51. The minimum absolute atomic E-state index is 0.104. The van der Waals surface area contributed by atoms with Gasteiger partial charge in [-0.15, -0.1) is 0 Å². The number of nitrogens with zero attached hydrogens (tertiary/aromatic N) is 2. The summed E-state index contributed by atoms with van der Waals surface area (Å²) in [7, 11) is -2.52. The lowest BCUT2D eigenvalue weighted by atomic mass is 9.54. The van der Waals surface area contributed by atoms with E-state index in [-0.39, 0.29) is 6.61 Å². The number of nitro groups is 2. The van der Waals surface area contributed by atoms with Crippen LogP contribution in [0.2, 0.25) is 0 Å². The quantitative estimate of drug-likeness (QED) is 0.0909. The van der Waals surface area contributed by atoms with E-state index in [2.05, 4.69) is 0 Å². The third-order valence-electron chi connectivity index (χ3n) is 9.82. The summed E-state index contributed by atoms with van der Waals surface area (Å²) < 4.78 is 38.6. The van der Waals surface area contributed by atoms with E-state index in [9.17, 15) is 38.5 Å². The van der Waals surface area contributed by atoms with Crippen molar-refractivity contribution >= 4 is 38.8 Å². The van der Waals surface area contributed by atoms with Crippen molar-refractivity contribution in [3.05, 3.63) is 115 Å². The van der Waals surface area contributed by atoms with Crippen molar-refractivity contribution in [3.63, 3.8) is 0 Å². The highest BCUT2D eigenvalue weighted by Crippen LogP contribution is 2.58. The van der Waals surface area contributed by atoms with Crippen molar-refractivity contribution in [2.24, 2.45) is 23.7 Å². The molecule has 0 unspecified atom stereocenters. The predicted molar refractivity (Wildman–Crippen MR) is 180 cm³/mol. The van der Waals surface area contributed by atoms with E-state index in [1.165, 1.54) is 43.8 Å². The number of aliphatic hydroxyl groups is 1. The monoisotopic (exact) mass is 688 g/mol. The Morgan fingerprint density at radius 1 is 0.898 bits per heavy atom. The molecule has 4 fully saturated rings. The highest BCUT2D eigenvalue weighted by molar-refractivity contribution is 7.90. The van der Waals surface area contributed by atoms with Crippen LogP contribution in [0.1, 0.15) is 54.4 Å². The number of ketones is 1. The van der Waals surface area contributed by atoms with Crippen LogP contribution in [0.25, 0.3) is 11.8 Å². The zero-order valence-electron chi connectivity index (χ0n) is 26.8. The Hall–Kier alpha value is -4.88. The van der Waals surface area contributed by atoms with E-state index >= 15 is 0 Å². The third-order valence-corrected chi connectivity index (χ3v) is 11.6. The molecular formula is C36H36N2O10S. The van der Waals surface area contributed by atoms with Crippen LogP contribution in [0.15, 0.2) is 77.2 Å². The second kappa shape index (κ2) is 13.9. The molecule has 0 heterocycles. The number of nitro benzene ring substituents is 2. The fourth-order valence-electron chi connectivity index (χ4n) is 7.85. The molecule has 0 spiro atoms. The maximum absolute atomic E-state index is 13.1. The molecule has 1 N–H and O–H groups in total. The normalized spacial score (nSPS) is 21.1. The molecule has 0 saturated heterocycles. The fraction of sp³-hybridized carbons (Fsp3) is 0.361. The van der Waals surface area contributed by atoms with Crippen LogP contribution in [0, 0.1) is 43.9 Å². The average Bonchev–Trinajstić information content (AvgIpc) is 3.07. The number of non-ortho nitro benzene ring substituents is 1. The lowest BCUT2D eigenvalue weighted by Crippen LogP contribution is -2.40. The Labute approximate surface area is 283 Å². The van der Waals surface area contributed by atoms with Crippen LogP contribution in [0.3, 0.4) is 0 Å². The van der Waals surface area contributed by atoms with Gasteiger partial charge in [0.2, 0.25) is 0 Å². The molecule has 49 heavy (non-hydrogen) atoms. The van der Waals surface area contributed by atoms with Crippen molar-refractivity contribution < 1.29 is 37.6 Å². The molecule has 4 aliphatic carbocycles. The number of sulfone groups is 1. The first-order valence-electron chi connectivity index (χ1n) is 16.1. The molecule has 12 nitrogen and oxygen atoms in total. The molecule has 0 aromatic heterocycles. The number of carbonyl (C=O) groups is 1. The molecular weight excluding hydrogens is 652 g/mol. The van der Waals surface area contributed by atoms with E-state index in [0.29, 0.717) is 40.3 Å². The number of aliphatic hydroxyl groups excluding tert-OH is 1. The predicted octanol–water partition coefficient (Wildman–Crippen LogP) is 6.44. The minimum atomic E-state index is -4.22. The zero-order valence-corrected chi connectivity index (χ0v) is 27.6. The Morgan fingerprint density at radius 3 is 2.14 bits per heavy atom. The van der Waals surface area contributed by atoms with Gasteiger partial charge in [-0.3, -0.25) is 25.0 Å². The van der Waals surface area contributed by atoms with Crippen molar-refractivity contribution in [1.82, 2.24) is 0 Å². The zero-order chi connectivity index (χ0) is 34.9. The second-order valence-electron chi connectivity index (χ2n) is 13.0. The highest BCUT2D eigenvalue weighted by Gasteiger charge is 2.46. The van der Waals surface area contributed by atoms with E-state index in [1.807, 2.05) is 18.2 Å². The van der Waals surface area contributed by atoms with Crippen molar-refractivity contribution in [2.45, 2.75) is 49.4 Å². The van der Waals surface area contributed by atoms with Crippen molar-refractivity contribution in [1.29, 1.82) is 0 Å². The summed E-state index contributed by atoms with van der Waals surface area (Å²) in [5.74, 6) is 3.00. The van der Waals surface area contributed by atoms with Crippen molar-refractivity contribution in [2.75, 3.05) is 13.7 Å². The van der Waals surface area contributed by atoms with Gasteiger partial charge in [-0.1, -0.05) is 36.4 Å². The van der Waals surface area contributed by atoms with Gasteiger partial charge in [-0.2, -0.15) is 0 Å². The summed E-state index contributed by atoms with van der Waals surface area (Å²) in [6, 6.07) is 14.7. The molecule has 0 amide bonds. The number of ether oxygens (including phenoxy) is 2. The first-order chi connectivity index (χ1) is 23.4. The van der Waals surface area contributed by atoms with Gasteiger partial charge >= 0.3 is 0 Å². The highest BCUT2D eigenvalue weighted by atomic mass is 32.2. The first kappa shape index (κ1) is 34.0. The van der Waals surface area contributed by atoms with Crippen LogP contribution < -0.4 is 4.74 Å². The molecule has 4 aliphatic rings. The van der Waals surface area contributed by atoms with Gasteiger partial charge < -0.3 is 14.6 Å². The maximum Gasteiger partial charge on any atom is 0.294 e. The summed E-state index contributed by atoms with van der Waals surface area (Å²) >= 11 is 0. The van der Waals surface area contributed by atoms with E-state index in [0.717, 1.165) is 35.3 Å². The SMILES string of the molecule is COC(=C1C2CC3CC(C2)CC1C3)c1ccc(/C=C/C(=O)CO)c(OCc2ccc(CS(=O)(=O)c3ccc([N+](=O)[O-])cc3[N+](=O)[O-])cc2)c1. The minimum Gasteiger partial charge on any atom is -0.496 e. The van der Waals surface area contributed by atoms with Crippen LogP contribution in [-0.4, -0.2) is 42.9 Å². The van der Waals surface area contributed by atoms with Gasteiger partial charge in [0.05, 0.1) is 28.8 Å². The van der Waals surface area contributed by atoms with Crippen LogP contribution >= 0.6 is 0 Å². The Morgan fingerprint density at radius 2 is 1.55 bits per heavy atom. The molecule has 256 valence electrons. The van der Waals surface area contributed by atoms with E-state index < -0.39 is 54.1 Å². The second-order valence-corrected chi connectivity index (χ2v) is 15.0. The summed E-state index contributed by atoms with van der Waals surface area (Å²) in [5.41, 5.74) is 2.53. The van der Waals surface area contributed by atoms with Crippen LogP contribution in [0.5, 0.6) is 5.75 Å².